The van der Waals surface area contributed by atoms with E-state index in [4.69, 9.17) is 0 Å². The highest BCUT2D eigenvalue weighted by molar-refractivity contribution is 6.04. The van der Waals surface area contributed by atoms with E-state index in [0.717, 1.165) is 19.3 Å². The minimum Gasteiger partial charge on any atom is -0.344 e. The molecule has 126 valence electrons. The lowest BCUT2D eigenvalue weighted by molar-refractivity contribution is 0.0927. The van der Waals surface area contributed by atoms with Gasteiger partial charge in [0.2, 0.25) is 0 Å². The van der Waals surface area contributed by atoms with E-state index in [1.807, 2.05) is 18.2 Å². The van der Waals surface area contributed by atoms with E-state index in [-0.39, 0.29) is 17.5 Å². The molecule has 0 saturated heterocycles. The third-order valence-corrected chi connectivity index (χ3v) is 4.85. The zero-order valence-electron chi connectivity index (χ0n) is 14.0. The van der Waals surface area contributed by atoms with Gasteiger partial charge < -0.3 is 5.32 Å². The Kier molecular flexibility index (Phi) is 3.84. The molecule has 1 heterocycles. The number of carbonyl (C=O) groups excluding carboxylic acids is 1. The average Bonchev–Trinajstić information content (AvgIpc) is 2.65. The second-order valence-electron chi connectivity index (χ2n) is 6.44. The summed E-state index contributed by atoms with van der Waals surface area (Å²) in [5, 5.41) is 8.43. The maximum absolute atomic E-state index is 12.9. The molecular formula is C20H19N3O2. The summed E-state index contributed by atoms with van der Waals surface area (Å²) in [5.41, 5.74) is 2.56. The quantitative estimate of drug-likeness (QED) is 0.784. The second kappa shape index (κ2) is 6.16. The number of rotatable bonds is 2. The van der Waals surface area contributed by atoms with Crippen LogP contribution in [-0.2, 0) is 13.5 Å². The van der Waals surface area contributed by atoms with Gasteiger partial charge in [-0.05, 0) is 36.5 Å². The first-order chi connectivity index (χ1) is 12.1. The molecule has 0 saturated carbocycles. The summed E-state index contributed by atoms with van der Waals surface area (Å²) in [5.74, 6) is -0.242. The van der Waals surface area contributed by atoms with Gasteiger partial charge in [0.05, 0.1) is 11.4 Å². The van der Waals surface area contributed by atoms with Gasteiger partial charge in [0.25, 0.3) is 11.5 Å². The number of nitrogens with one attached hydrogen (secondary N) is 1. The predicted molar refractivity (Wildman–Crippen MR) is 96.6 cm³/mol. The van der Waals surface area contributed by atoms with E-state index >= 15 is 0 Å². The molecule has 1 atom stereocenters. The normalized spacial score (nSPS) is 16.4. The van der Waals surface area contributed by atoms with Crippen molar-refractivity contribution in [1.82, 2.24) is 15.1 Å². The van der Waals surface area contributed by atoms with Crippen LogP contribution in [0.3, 0.4) is 0 Å². The number of benzene rings is 2. The summed E-state index contributed by atoms with van der Waals surface area (Å²) in [7, 11) is 1.57. The van der Waals surface area contributed by atoms with Crippen LogP contribution >= 0.6 is 0 Å². The van der Waals surface area contributed by atoms with Gasteiger partial charge >= 0.3 is 0 Å². The number of aryl methyl sites for hydroxylation is 2. The van der Waals surface area contributed by atoms with Crippen molar-refractivity contribution in [3.05, 3.63) is 75.7 Å². The van der Waals surface area contributed by atoms with Gasteiger partial charge in [0.15, 0.2) is 5.69 Å². The highest BCUT2D eigenvalue weighted by atomic mass is 16.2. The molecule has 1 N–H and O–H groups in total. The van der Waals surface area contributed by atoms with Crippen LogP contribution in [0.4, 0.5) is 0 Å². The zero-order valence-corrected chi connectivity index (χ0v) is 14.0. The smallest absolute Gasteiger partial charge is 0.274 e. The highest BCUT2D eigenvalue weighted by Gasteiger charge is 2.24. The van der Waals surface area contributed by atoms with Crippen molar-refractivity contribution in [3.8, 4) is 0 Å². The summed E-state index contributed by atoms with van der Waals surface area (Å²) in [6.07, 6.45) is 3.00. The molecule has 0 bridgehead atoms. The standard InChI is InChI=1S/C20H19N3O2/c1-23-20(25)16-11-5-4-10-15(16)18(22-23)19(24)21-17-12-6-8-13-7-2-3-9-14(13)17/h2-5,7,9-11,17H,6,8,12H2,1H3,(H,21,24)/t17-/m1/s1. The molecule has 5 nitrogen and oxygen atoms in total. The number of hydrogen-bond donors (Lipinski definition) is 1. The molecular weight excluding hydrogens is 314 g/mol. The van der Waals surface area contributed by atoms with Crippen molar-refractivity contribution >= 4 is 16.7 Å². The Hall–Kier alpha value is -2.95. The maximum atomic E-state index is 12.9. The lowest BCUT2D eigenvalue weighted by Crippen LogP contribution is -2.33. The molecule has 25 heavy (non-hydrogen) atoms. The molecule has 0 unspecified atom stereocenters. The van der Waals surface area contributed by atoms with Crippen molar-refractivity contribution in [2.75, 3.05) is 0 Å². The van der Waals surface area contributed by atoms with Gasteiger partial charge in [-0.2, -0.15) is 5.10 Å². The topological polar surface area (TPSA) is 64.0 Å². The van der Waals surface area contributed by atoms with Crippen LogP contribution in [0.5, 0.6) is 0 Å². The van der Waals surface area contributed by atoms with E-state index < -0.39 is 0 Å². The van der Waals surface area contributed by atoms with Crippen LogP contribution in [0.15, 0.2) is 53.3 Å². The summed E-state index contributed by atoms with van der Waals surface area (Å²) in [4.78, 5) is 25.1. The largest absolute Gasteiger partial charge is 0.344 e. The van der Waals surface area contributed by atoms with Crippen LogP contribution < -0.4 is 10.9 Å². The SMILES string of the molecule is Cn1nc(C(=O)N[C@@H]2CCCc3ccccc32)c2ccccc2c1=O. The number of aromatic nitrogens is 2. The molecule has 0 spiro atoms. The Bertz CT molecular complexity index is 1020. The average molecular weight is 333 g/mol. The first kappa shape index (κ1) is 15.6. The lowest BCUT2D eigenvalue weighted by Gasteiger charge is -2.26. The molecule has 0 aliphatic heterocycles. The second-order valence-corrected chi connectivity index (χ2v) is 6.44. The zero-order chi connectivity index (χ0) is 17.4. The monoisotopic (exact) mass is 333 g/mol. The Labute approximate surface area is 145 Å². The Morgan fingerprint density at radius 2 is 1.84 bits per heavy atom. The summed E-state index contributed by atoms with van der Waals surface area (Å²) in [6.45, 7) is 0. The van der Waals surface area contributed by atoms with Gasteiger partial charge in [0, 0.05) is 12.4 Å². The van der Waals surface area contributed by atoms with Crippen LogP contribution in [0, 0.1) is 0 Å². The van der Waals surface area contributed by atoms with Gasteiger partial charge in [-0.3, -0.25) is 9.59 Å². The summed E-state index contributed by atoms with van der Waals surface area (Å²) < 4.78 is 1.23. The summed E-state index contributed by atoms with van der Waals surface area (Å²) >= 11 is 0. The first-order valence-electron chi connectivity index (χ1n) is 8.50. The number of carbonyl (C=O) groups is 1. The third-order valence-electron chi connectivity index (χ3n) is 4.85. The fourth-order valence-electron chi connectivity index (χ4n) is 3.60. The Balaban J connectivity index is 1.73. The Morgan fingerprint density at radius 3 is 2.68 bits per heavy atom. The van der Waals surface area contributed by atoms with Gasteiger partial charge in [0.1, 0.15) is 0 Å². The molecule has 1 aliphatic carbocycles. The molecule has 4 rings (SSSR count). The first-order valence-corrected chi connectivity index (χ1v) is 8.50. The van der Waals surface area contributed by atoms with E-state index in [0.29, 0.717) is 16.5 Å². The molecule has 5 heteroatoms. The minimum atomic E-state index is -0.242. The fourth-order valence-corrected chi connectivity index (χ4v) is 3.60. The third kappa shape index (κ3) is 2.71. The van der Waals surface area contributed by atoms with Crippen LogP contribution in [-0.4, -0.2) is 15.7 Å². The highest BCUT2D eigenvalue weighted by Crippen LogP contribution is 2.29. The van der Waals surface area contributed by atoms with Crippen LogP contribution in [0.1, 0.15) is 40.5 Å². The number of nitrogens with zero attached hydrogens (tertiary/aromatic N) is 2. The number of hydrogen-bond acceptors (Lipinski definition) is 3. The molecule has 1 amide bonds. The van der Waals surface area contributed by atoms with Gasteiger partial charge in [-0.1, -0.05) is 42.5 Å². The Morgan fingerprint density at radius 1 is 1.12 bits per heavy atom. The van der Waals surface area contributed by atoms with Crippen LogP contribution in [0.2, 0.25) is 0 Å². The van der Waals surface area contributed by atoms with Crippen molar-refractivity contribution in [2.24, 2.45) is 7.05 Å². The van der Waals surface area contributed by atoms with Gasteiger partial charge in [-0.25, -0.2) is 4.68 Å². The molecule has 1 aliphatic rings. The van der Waals surface area contributed by atoms with E-state index in [9.17, 15) is 9.59 Å². The molecule has 0 radical (unpaired) electrons. The van der Waals surface area contributed by atoms with Crippen molar-refractivity contribution in [3.63, 3.8) is 0 Å². The van der Waals surface area contributed by atoms with Crippen molar-refractivity contribution < 1.29 is 4.79 Å². The predicted octanol–water partition coefficient (Wildman–Crippen LogP) is 2.74. The summed E-state index contributed by atoms with van der Waals surface area (Å²) in [6, 6.07) is 15.3. The molecule has 1 aromatic heterocycles. The molecule has 2 aromatic carbocycles. The maximum Gasteiger partial charge on any atom is 0.274 e. The fraction of sp³-hybridized carbons (Fsp3) is 0.250. The van der Waals surface area contributed by atoms with Gasteiger partial charge in [-0.15, -0.1) is 0 Å². The number of fused-ring (bicyclic) bond motifs is 2. The van der Waals surface area contributed by atoms with E-state index in [2.05, 4.69) is 22.5 Å². The lowest BCUT2D eigenvalue weighted by atomic mass is 9.87. The van der Waals surface area contributed by atoms with E-state index in [1.165, 1.54) is 15.8 Å². The molecule has 3 aromatic rings. The minimum absolute atomic E-state index is 0.0183. The molecule has 0 fully saturated rings. The number of amides is 1. The van der Waals surface area contributed by atoms with E-state index in [1.54, 1.807) is 25.2 Å². The van der Waals surface area contributed by atoms with Crippen LogP contribution in [0.25, 0.3) is 10.8 Å². The van der Waals surface area contributed by atoms with Crippen molar-refractivity contribution in [1.29, 1.82) is 0 Å². The van der Waals surface area contributed by atoms with Crippen molar-refractivity contribution in [2.45, 2.75) is 25.3 Å².